The molecule has 0 spiro atoms. The van der Waals surface area contributed by atoms with Gasteiger partial charge in [-0.3, -0.25) is 14.2 Å². The van der Waals surface area contributed by atoms with Crippen LogP contribution >= 0.6 is 0 Å². The van der Waals surface area contributed by atoms with Crippen molar-refractivity contribution in [2.45, 2.75) is 31.8 Å². The molecule has 0 fully saturated rings. The number of aryl methyl sites for hydroxylation is 1. The number of hydrogen-bond acceptors (Lipinski definition) is 2. The largest absolute Gasteiger partial charge is 0.348 e. The second kappa shape index (κ2) is 6.88. The van der Waals surface area contributed by atoms with Gasteiger partial charge in [0.05, 0.1) is 17.1 Å². The second-order valence-electron chi connectivity index (χ2n) is 7.50. The van der Waals surface area contributed by atoms with Crippen LogP contribution < -0.4 is 10.9 Å². The van der Waals surface area contributed by atoms with Crippen molar-refractivity contribution in [3.8, 4) is 0 Å². The SMILES string of the molecule is O=C(Cn1c(=O)c2cccn2c2ccc(F)cc21)N[C@H]1CCCc2ccccc21. The summed E-state index contributed by atoms with van der Waals surface area (Å²) >= 11 is 0. The summed E-state index contributed by atoms with van der Waals surface area (Å²) in [5.41, 5.74) is 3.62. The smallest absolute Gasteiger partial charge is 0.275 e. The molecule has 5 rings (SSSR count). The number of carbonyl (C=O) groups excluding carboxylic acids is 1. The molecular formula is C23H20FN3O2. The highest BCUT2D eigenvalue weighted by Crippen LogP contribution is 2.29. The van der Waals surface area contributed by atoms with Gasteiger partial charge in [-0.05, 0) is 60.7 Å². The third-order valence-corrected chi connectivity index (χ3v) is 5.71. The summed E-state index contributed by atoms with van der Waals surface area (Å²) < 4.78 is 17.0. The molecule has 0 radical (unpaired) electrons. The molecule has 146 valence electrons. The summed E-state index contributed by atoms with van der Waals surface area (Å²) in [7, 11) is 0. The molecule has 2 aromatic carbocycles. The van der Waals surface area contributed by atoms with Crippen molar-refractivity contribution in [2.75, 3.05) is 0 Å². The molecule has 1 N–H and O–H groups in total. The van der Waals surface area contributed by atoms with Gasteiger partial charge in [-0.2, -0.15) is 0 Å². The molecule has 0 bridgehead atoms. The van der Waals surface area contributed by atoms with Gasteiger partial charge in [0, 0.05) is 6.20 Å². The topological polar surface area (TPSA) is 55.5 Å². The van der Waals surface area contributed by atoms with E-state index in [4.69, 9.17) is 0 Å². The standard InChI is InChI=1S/C23H20FN3O2/c24-16-10-11-19-21(13-16)27(23(29)20-9-4-12-26(19)20)14-22(28)25-18-8-3-6-15-5-1-2-7-17(15)18/h1-2,4-5,7,9-13,18H,3,6,8,14H2,(H,25,28)/t18-/m0/s1. The van der Waals surface area contributed by atoms with E-state index in [9.17, 15) is 14.0 Å². The number of amides is 1. The van der Waals surface area contributed by atoms with Crippen molar-refractivity contribution < 1.29 is 9.18 Å². The first-order chi connectivity index (χ1) is 14.1. The average Bonchev–Trinajstić information content (AvgIpc) is 3.21. The van der Waals surface area contributed by atoms with Gasteiger partial charge in [-0.15, -0.1) is 0 Å². The number of nitrogens with one attached hydrogen (secondary N) is 1. The number of benzene rings is 2. The molecule has 29 heavy (non-hydrogen) atoms. The zero-order valence-corrected chi connectivity index (χ0v) is 15.8. The second-order valence-corrected chi connectivity index (χ2v) is 7.50. The van der Waals surface area contributed by atoms with E-state index in [-0.39, 0.29) is 24.1 Å². The van der Waals surface area contributed by atoms with Crippen LogP contribution in [0.3, 0.4) is 0 Å². The molecule has 0 unspecified atom stereocenters. The Morgan fingerprint density at radius 2 is 1.93 bits per heavy atom. The minimum atomic E-state index is -0.446. The van der Waals surface area contributed by atoms with Crippen LogP contribution in [0.15, 0.2) is 65.6 Å². The van der Waals surface area contributed by atoms with Crippen LogP contribution in [-0.2, 0) is 17.8 Å². The lowest BCUT2D eigenvalue weighted by Crippen LogP contribution is -2.36. The number of rotatable bonds is 3. The molecule has 1 amide bonds. The Morgan fingerprint density at radius 1 is 1.07 bits per heavy atom. The molecule has 1 aliphatic carbocycles. The molecule has 1 atom stereocenters. The van der Waals surface area contributed by atoms with Crippen LogP contribution in [0.1, 0.15) is 30.0 Å². The first-order valence-electron chi connectivity index (χ1n) is 9.78. The third-order valence-electron chi connectivity index (χ3n) is 5.71. The van der Waals surface area contributed by atoms with Crippen molar-refractivity contribution in [1.82, 2.24) is 14.3 Å². The fraction of sp³-hybridized carbons (Fsp3) is 0.217. The van der Waals surface area contributed by atoms with E-state index < -0.39 is 5.82 Å². The van der Waals surface area contributed by atoms with Gasteiger partial charge in [0.1, 0.15) is 17.9 Å². The summed E-state index contributed by atoms with van der Waals surface area (Å²) in [6, 6.07) is 15.8. The first kappa shape index (κ1) is 17.7. The maximum Gasteiger partial charge on any atom is 0.275 e. The first-order valence-corrected chi connectivity index (χ1v) is 9.78. The van der Waals surface area contributed by atoms with Gasteiger partial charge >= 0.3 is 0 Å². The Hall–Kier alpha value is -3.41. The van der Waals surface area contributed by atoms with E-state index in [2.05, 4.69) is 11.4 Å². The molecule has 1 aliphatic rings. The van der Waals surface area contributed by atoms with Crippen molar-refractivity contribution in [3.63, 3.8) is 0 Å². The lowest BCUT2D eigenvalue weighted by atomic mass is 9.88. The maximum absolute atomic E-state index is 13.9. The van der Waals surface area contributed by atoms with Crippen LogP contribution in [0.5, 0.6) is 0 Å². The van der Waals surface area contributed by atoms with Gasteiger partial charge in [0.2, 0.25) is 5.91 Å². The Kier molecular flexibility index (Phi) is 4.19. The van der Waals surface area contributed by atoms with Crippen LogP contribution in [0.2, 0.25) is 0 Å². The number of fused-ring (bicyclic) bond motifs is 4. The third kappa shape index (κ3) is 3.01. The summed E-state index contributed by atoms with van der Waals surface area (Å²) in [5.74, 6) is -0.700. The molecule has 0 aliphatic heterocycles. The predicted molar refractivity (Wildman–Crippen MR) is 109 cm³/mol. The van der Waals surface area contributed by atoms with E-state index in [1.165, 1.54) is 22.3 Å². The normalized spacial score (nSPS) is 16.1. The lowest BCUT2D eigenvalue weighted by molar-refractivity contribution is -0.122. The predicted octanol–water partition coefficient (Wildman–Crippen LogP) is 3.59. The number of halogens is 1. The highest BCUT2D eigenvalue weighted by molar-refractivity contribution is 5.83. The van der Waals surface area contributed by atoms with Crippen LogP contribution in [0, 0.1) is 5.82 Å². The number of hydrogen-bond donors (Lipinski definition) is 1. The minimum absolute atomic E-state index is 0.0665. The number of carbonyl (C=O) groups is 1. The monoisotopic (exact) mass is 389 g/mol. The Bertz CT molecular complexity index is 1300. The molecule has 0 saturated heterocycles. The van der Waals surface area contributed by atoms with Crippen LogP contribution in [-0.4, -0.2) is 14.9 Å². The van der Waals surface area contributed by atoms with Crippen molar-refractivity contribution >= 4 is 22.5 Å². The van der Waals surface area contributed by atoms with E-state index in [0.29, 0.717) is 16.6 Å². The number of aromatic nitrogens is 2. The summed E-state index contributed by atoms with van der Waals surface area (Å²) in [5, 5.41) is 3.07. The van der Waals surface area contributed by atoms with E-state index in [1.54, 1.807) is 28.8 Å². The van der Waals surface area contributed by atoms with Gasteiger partial charge in [0.25, 0.3) is 5.56 Å². The zero-order chi connectivity index (χ0) is 20.0. The zero-order valence-electron chi connectivity index (χ0n) is 15.8. The maximum atomic E-state index is 13.9. The van der Waals surface area contributed by atoms with E-state index in [1.807, 2.05) is 18.2 Å². The molecule has 2 heterocycles. The van der Waals surface area contributed by atoms with Crippen molar-refractivity contribution in [3.05, 3.63) is 88.1 Å². The summed E-state index contributed by atoms with van der Waals surface area (Å²) in [4.78, 5) is 25.9. The van der Waals surface area contributed by atoms with Crippen molar-refractivity contribution in [1.29, 1.82) is 0 Å². The highest BCUT2D eigenvalue weighted by atomic mass is 19.1. The van der Waals surface area contributed by atoms with Gasteiger partial charge in [-0.1, -0.05) is 24.3 Å². The van der Waals surface area contributed by atoms with Gasteiger partial charge < -0.3 is 9.72 Å². The molecule has 5 nitrogen and oxygen atoms in total. The van der Waals surface area contributed by atoms with Crippen molar-refractivity contribution in [2.24, 2.45) is 0 Å². The fourth-order valence-corrected chi connectivity index (χ4v) is 4.37. The summed E-state index contributed by atoms with van der Waals surface area (Å²) in [6.45, 7) is -0.154. The molecule has 2 aromatic heterocycles. The van der Waals surface area contributed by atoms with E-state index in [0.717, 1.165) is 24.8 Å². The molecular weight excluding hydrogens is 369 g/mol. The molecule has 4 aromatic rings. The lowest BCUT2D eigenvalue weighted by Gasteiger charge is -2.26. The number of nitrogens with zero attached hydrogens (tertiary/aromatic N) is 2. The Morgan fingerprint density at radius 3 is 2.83 bits per heavy atom. The quantitative estimate of drug-likeness (QED) is 0.582. The van der Waals surface area contributed by atoms with Crippen LogP contribution in [0.4, 0.5) is 4.39 Å². The minimum Gasteiger partial charge on any atom is -0.348 e. The Labute approximate surface area is 166 Å². The average molecular weight is 389 g/mol. The highest BCUT2D eigenvalue weighted by Gasteiger charge is 2.22. The molecule has 0 saturated carbocycles. The van der Waals surface area contributed by atoms with Gasteiger partial charge in [0.15, 0.2) is 0 Å². The Balaban J connectivity index is 1.52. The summed E-state index contributed by atoms with van der Waals surface area (Å²) in [6.07, 6.45) is 4.65. The molecule has 6 heteroatoms. The van der Waals surface area contributed by atoms with E-state index >= 15 is 0 Å². The van der Waals surface area contributed by atoms with Gasteiger partial charge in [-0.25, -0.2) is 4.39 Å². The van der Waals surface area contributed by atoms with Crippen LogP contribution in [0.25, 0.3) is 16.6 Å². The fourth-order valence-electron chi connectivity index (χ4n) is 4.37.